The molecule has 0 spiro atoms. The van der Waals surface area contributed by atoms with Crippen molar-refractivity contribution in [2.24, 2.45) is 0 Å². The van der Waals surface area contributed by atoms with Crippen LogP contribution in [0.4, 0.5) is 0 Å². The zero-order valence-corrected chi connectivity index (χ0v) is 8.47. The smallest absolute Gasteiger partial charge is 0.354 e. The number of rotatable bonds is 2. The molecule has 0 radical (unpaired) electrons. The lowest BCUT2D eigenvalue weighted by molar-refractivity contribution is 0.0594. The van der Waals surface area contributed by atoms with Crippen LogP contribution < -0.4 is 0 Å². The molecule has 72 valence electrons. The van der Waals surface area contributed by atoms with Crippen molar-refractivity contribution < 1.29 is 9.53 Å². The number of esters is 1. The first kappa shape index (κ1) is 9.84. The molecule has 0 saturated heterocycles. The van der Waals surface area contributed by atoms with Crippen LogP contribution in [0.25, 0.3) is 0 Å². The molecule has 1 N–H and O–H groups in total. The minimum atomic E-state index is -0.310. The maximum Gasteiger partial charge on any atom is 0.354 e. The lowest BCUT2D eigenvalue weighted by Crippen LogP contribution is -2.01. The highest BCUT2D eigenvalue weighted by atomic mass is 16.5. The Balaban J connectivity index is 3.02. The summed E-state index contributed by atoms with van der Waals surface area (Å²) in [5.74, 6) is 0.0911. The van der Waals surface area contributed by atoms with E-state index in [1.54, 1.807) is 0 Å². The molecule has 1 aromatic rings. The topological polar surface area (TPSA) is 42.1 Å². The highest BCUT2D eigenvalue weighted by Gasteiger charge is 2.12. The molecular formula is C10H15NO2. The SMILES string of the molecule is COC(=O)c1cc(C)c(C(C)C)[nH]1. The van der Waals surface area contributed by atoms with Gasteiger partial charge in [0, 0.05) is 5.69 Å². The van der Waals surface area contributed by atoms with Gasteiger partial charge in [0.25, 0.3) is 0 Å². The standard InChI is InChI=1S/C10H15NO2/c1-6(2)9-7(3)5-8(11-9)10(12)13-4/h5-6,11H,1-4H3. The lowest BCUT2D eigenvalue weighted by atomic mass is 10.1. The van der Waals surface area contributed by atoms with E-state index in [-0.39, 0.29) is 5.97 Å². The maximum atomic E-state index is 11.1. The van der Waals surface area contributed by atoms with Gasteiger partial charge in [0.15, 0.2) is 0 Å². The highest BCUT2D eigenvalue weighted by molar-refractivity contribution is 5.87. The van der Waals surface area contributed by atoms with Crippen molar-refractivity contribution in [1.82, 2.24) is 4.98 Å². The summed E-state index contributed by atoms with van der Waals surface area (Å²) in [6.07, 6.45) is 0. The minimum absolute atomic E-state index is 0.310. The van der Waals surface area contributed by atoms with Crippen LogP contribution in [0.3, 0.4) is 0 Å². The summed E-state index contributed by atoms with van der Waals surface area (Å²) >= 11 is 0. The summed E-state index contributed by atoms with van der Waals surface area (Å²) in [5, 5.41) is 0. The Bertz CT molecular complexity index is 313. The van der Waals surface area contributed by atoms with Gasteiger partial charge in [0.2, 0.25) is 0 Å². The predicted molar refractivity (Wildman–Crippen MR) is 51.0 cm³/mol. The van der Waals surface area contributed by atoms with Crippen LogP contribution in [0, 0.1) is 6.92 Å². The second-order valence-corrected chi connectivity index (χ2v) is 3.43. The van der Waals surface area contributed by atoms with E-state index in [1.807, 2.05) is 13.0 Å². The van der Waals surface area contributed by atoms with Gasteiger partial charge in [0.05, 0.1) is 7.11 Å². The van der Waals surface area contributed by atoms with Crippen molar-refractivity contribution in [2.45, 2.75) is 26.7 Å². The van der Waals surface area contributed by atoms with Crippen LogP contribution in [-0.4, -0.2) is 18.1 Å². The van der Waals surface area contributed by atoms with E-state index >= 15 is 0 Å². The maximum absolute atomic E-state index is 11.1. The van der Waals surface area contributed by atoms with Gasteiger partial charge in [-0.3, -0.25) is 0 Å². The summed E-state index contributed by atoms with van der Waals surface area (Å²) in [7, 11) is 1.38. The first-order chi connectivity index (χ1) is 6.06. The fraction of sp³-hybridized carbons (Fsp3) is 0.500. The third-order valence-electron chi connectivity index (χ3n) is 2.04. The monoisotopic (exact) mass is 181 g/mol. The molecule has 1 heterocycles. The molecule has 0 atom stereocenters. The molecule has 1 aromatic heterocycles. The van der Waals surface area contributed by atoms with E-state index in [1.165, 1.54) is 7.11 Å². The molecule has 3 heteroatoms. The Kier molecular flexibility index (Phi) is 2.76. The van der Waals surface area contributed by atoms with Crippen molar-refractivity contribution in [3.8, 4) is 0 Å². The Morgan fingerprint density at radius 1 is 1.54 bits per heavy atom. The molecule has 0 bridgehead atoms. The molecule has 3 nitrogen and oxygen atoms in total. The number of hydrogen-bond donors (Lipinski definition) is 1. The predicted octanol–water partition coefficient (Wildman–Crippen LogP) is 2.23. The van der Waals surface area contributed by atoms with E-state index in [4.69, 9.17) is 0 Å². The van der Waals surface area contributed by atoms with E-state index in [9.17, 15) is 4.79 Å². The Morgan fingerprint density at radius 2 is 2.15 bits per heavy atom. The first-order valence-corrected chi connectivity index (χ1v) is 4.34. The lowest BCUT2D eigenvalue weighted by Gasteiger charge is -2.02. The largest absolute Gasteiger partial charge is 0.464 e. The molecule has 1 rings (SSSR count). The summed E-state index contributed by atoms with van der Waals surface area (Å²) < 4.78 is 4.61. The third kappa shape index (κ3) is 1.91. The first-order valence-electron chi connectivity index (χ1n) is 4.34. The number of ether oxygens (including phenoxy) is 1. The van der Waals surface area contributed by atoms with Gasteiger partial charge in [-0.15, -0.1) is 0 Å². The van der Waals surface area contributed by atoms with Gasteiger partial charge in [-0.25, -0.2) is 4.79 Å². The van der Waals surface area contributed by atoms with Crippen LogP contribution >= 0.6 is 0 Å². The van der Waals surface area contributed by atoms with Gasteiger partial charge < -0.3 is 9.72 Å². The van der Waals surface area contributed by atoms with Crippen LogP contribution in [-0.2, 0) is 4.74 Å². The molecule has 13 heavy (non-hydrogen) atoms. The molecule has 0 fully saturated rings. The fourth-order valence-corrected chi connectivity index (χ4v) is 1.39. The van der Waals surface area contributed by atoms with E-state index in [2.05, 4.69) is 23.6 Å². The molecular weight excluding hydrogens is 166 g/mol. The number of aryl methyl sites for hydroxylation is 1. The van der Waals surface area contributed by atoms with E-state index < -0.39 is 0 Å². The summed E-state index contributed by atoms with van der Waals surface area (Å²) in [6.45, 7) is 6.15. The zero-order chi connectivity index (χ0) is 10.0. The summed E-state index contributed by atoms with van der Waals surface area (Å²) in [5.41, 5.74) is 2.74. The number of aromatic nitrogens is 1. The van der Waals surface area contributed by atoms with Gasteiger partial charge in [-0.2, -0.15) is 0 Å². The summed E-state index contributed by atoms with van der Waals surface area (Å²) in [4.78, 5) is 14.2. The van der Waals surface area contributed by atoms with Crippen LogP contribution in [0.15, 0.2) is 6.07 Å². The number of carbonyl (C=O) groups excluding carboxylic acids is 1. The Labute approximate surface area is 78.1 Å². The second kappa shape index (κ2) is 3.64. The average molecular weight is 181 g/mol. The quantitative estimate of drug-likeness (QED) is 0.711. The third-order valence-corrected chi connectivity index (χ3v) is 2.04. The van der Waals surface area contributed by atoms with Crippen molar-refractivity contribution in [3.05, 3.63) is 23.0 Å². The van der Waals surface area contributed by atoms with Gasteiger partial charge in [0.1, 0.15) is 5.69 Å². The number of carbonyl (C=O) groups is 1. The van der Waals surface area contributed by atoms with Crippen molar-refractivity contribution in [3.63, 3.8) is 0 Å². The van der Waals surface area contributed by atoms with Crippen LogP contribution in [0.5, 0.6) is 0 Å². The normalized spacial score (nSPS) is 10.5. The number of H-pyrrole nitrogens is 1. The minimum Gasteiger partial charge on any atom is -0.464 e. The second-order valence-electron chi connectivity index (χ2n) is 3.43. The molecule has 0 aromatic carbocycles. The number of hydrogen-bond acceptors (Lipinski definition) is 2. The zero-order valence-electron chi connectivity index (χ0n) is 8.47. The summed E-state index contributed by atoms with van der Waals surface area (Å²) in [6, 6.07) is 1.82. The Hall–Kier alpha value is -1.25. The van der Waals surface area contributed by atoms with Crippen molar-refractivity contribution in [2.75, 3.05) is 7.11 Å². The molecule has 0 amide bonds. The van der Waals surface area contributed by atoms with E-state index in [0.29, 0.717) is 11.6 Å². The number of aromatic amines is 1. The van der Waals surface area contributed by atoms with Crippen molar-refractivity contribution in [1.29, 1.82) is 0 Å². The molecule has 0 aliphatic carbocycles. The van der Waals surface area contributed by atoms with E-state index in [0.717, 1.165) is 11.3 Å². The molecule has 0 aliphatic heterocycles. The molecule has 0 saturated carbocycles. The molecule has 0 aliphatic rings. The Morgan fingerprint density at radius 3 is 2.54 bits per heavy atom. The van der Waals surface area contributed by atoms with Gasteiger partial charge >= 0.3 is 5.97 Å². The number of nitrogens with one attached hydrogen (secondary N) is 1. The highest BCUT2D eigenvalue weighted by Crippen LogP contribution is 2.19. The molecule has 0 unspecified atom stereocenters. The van der Waals surface area contributed by atoms with Gasteiger partial charge in [-0.05, 0) is 24.5 Å². The average Bonchev–Trinajstić information content (AvgIpc) is 2.46. The van der Waals surface area contributed by atoms with Gasteiger partial charge in [-0.1, -0.05) is 13.8 Å². The van der Waals surface area contributed by atoms with Crippen LogP contribution in [0.2, 0.25) is 0 Å². The number of methoxy groups -OCH3 is 1. The van der Waals surface area contributed by atoms with Crippen LogP contribution in [0.1, 0.15) is 41.5 Å². The van der Waals surface area contributed by atoms with Crippen molar-refractivity contribution >= 4 is 5.97 Å². The fourth-order valence-electron chi connectivity index (χ4n) is 1.39.